The second-order valence-corrected chi connectivity index (χ2v) is 7.87. The number of rotatable bonds is 5. The van der Waals surface area contributed by atoms with E-state index in [9.17, 15) is 8.42 Å². The van der Waals surface area contributed by atoms with Crippen molar-refractivity contribution in [2.24, 2.45) is 0 Å². The van der Waals surface area contributed by atoms with Gasteiger partial charge in [-0.2, -0.15) is 0 Å². The first kappa shape index (κ1) is 15.7. The van der Waals surface area contributed by atoms with E-state index in [-0.39, 0.29) is 17.5 Å². The molecule has 2 aromatic rings. The average molecular weight is 333 g/mol. The Morgan fingerprint density at radius 3 is 2.96 bits per heavy atom. The Hall–Kier alpha value is -2.22. The molecule has 1 aliphatic rings. The third-order valence-corrected chi connectivity index (χ3v) is 5.72. The number of pyridine rings is 1. The Bertz CT molecular complexity index is 766. The van der Waals surface area contributed by atoms with Gasteiger partial charge in [-0.3, -0.25) is 4.98 Å². The molecule has 8 heteroatoms. The fourth-order valence-corrected chi connectivity index (χ4v) is 4.37. The lowest BCUT2D eigenvalue weighted by Crippen LogP contribution is -2.33. The van der Waals surface area contributed by atoms with Crippen molar-refractivity contribution in [3.05, 3.63) is 42.5 Å². The van der Waals surface area contributed by atoms with Gasteiger partial charge in [0.1, 0.15) is 18.0 Å². The average Bonchev–Trinajstić information content (AvgIpc) is 2.93. The van der Waals surface area contributed by atoms with E-state index >= 15 is 0 Å². The van der Waals surface area contributed by atoms with Crippen molar-refractivity contribution in [2.45, 2.75) is 19.0 Å². The number of nitrogens with zero attached hydrogens (tertiary/aromatic N) is 4. The lowest BCUT2D eigenvalue weighted by molar-refractivity contribution is 0.600. The topological polar surface area (TPSA) is 88.1 Å². The zero-order valence-electron chi connectivity index (χ0n) is 12.9. The van der Waals surface area contributed by atoms with Crippen LogP contribution in [0.5, 0.6) is 0 Å². The molecule has 23 heavy (non-hydrogen) atoms. The highest BCUT2D eigenvalue weighted by molar-refractivity contribution is 7.91. The molecule has 0 spiro atoms. The predicted molar refractivity (Wildman–Crippen MR) is 89.1 cm³/mol. The van der Waals surface area contributed by atoms with E-state index in [0.717, 1.165) is 11.4 Å². The molecule has 0 aliphatic carbocycles. The summed E-state index contributed by atoms with van der Waals surface area (Å²) in [6.07, 6.45) is 5.66. The summed E-state index contributed by atoms with van der Waals surface area (Å²) >= 11 is 0. The number of sulfone groups is 1. The van der Waals surface area contributed by atoms with Gasteiger partial charge in [0, 0.05) is 38.1 Å². The Balaban J connectivity index is 1.67. The summed E-state index contributed by atoms with van der Waals surface area (Å²) in [6, 6.07) is 5.68. The molecular formula is C15H19N5O2S. The van der Waals surface area contributed by atoms with Crippen molar-refractivity contribution < 1.29 is 8.42 Å². The Morgan fingerprint density at radius 2 is 2.26 bits per heavy atom. The molecule has 1 aliphatic heterocycles. The van der Waals surface area contributed by atoms with Crippen LogP contribution in [0.2, 0.25) is 0 Å². The van der Waals surface area contributed by atoms with Gasteiger partial charge in [-0.1, -0.05) is 6.07 Å². The summed E-state index contributed by atoms with van der Waals surface area (Å²) in [5.74, 6) is 1.85. The van der Waals surface area contributed by atoms with E-state index in [1.807, 2.05) is 30.1 Å². The van der Waals surface area contributed by atoms with Crippen molar-refractivity contribution in [2.75, 3.05) is 28.8 Å². The highest BCUT2D eigenvalue weighted by Crippen LogP contribution is 2.22. The van der Waals surface area contributed by atoms with Crippen molar-refractivity contribution in [1.82, 2.24) is 15.0 Å². The summed E-state index contributed by atoms with van der Waals surface area (Å²) in [5, 5.41) is 3.23. The van der Waals surface area contributed by atoms with Crippen molar-refractivity contribution in [3.8, 4) is 0 Å². The molecule has 1 saturated heterocycles. The molecule has 0 aromatic carbocycles. The second kappa shape index (κ2) is 6.49. The van der Waals surface area contributed by atoms with E-state index in [1.54, 1.807) is 12.4 Å². The minimum Gasteiger partial charge on any atom is -0.366 e. The fourth-order valence-electron chi connectivity index (χ4n) is 2.60. The number of hydrogen-bond donors (Lipinski definition) is 1. The van der Waals surface area contributed by atoms with E-state index in [0.29, 0.717) is 18.8 Å². The van der Waals surface area contributed by atoms with Gasteiger partial charge in [0.15, 0.2) is 9.84 Å². The van der Waals surface area contributed by atoms with Crippen molar-refractivity contribution >= 4 is 21.5 Å². The van der Waals surface area contributed by atoms with E-state index < -0.39 is 9.84 Å². The molecule has 2 aromatic heterocycles. The van der Waals surface area contributed by atoms with Gasteiger partial charge in [0.05, 0.1) is 11.5 Å². The van der Waals surface area contributed by atoms with Gasteiger partial charge in [-0.05, 0) is 18.1 Å². The summed E-state index contributed by atoms with van der Waals surface area (Å²) < 4.78 is 23.3. The number of hydrogen-bond acceptors (Lipinski definition) is 7. The van der Waals surface area contributed by atoms with Gasteiger partial charge >= 0.3 is 0 Å². The smallest absolute Gasteiger partial charge is 0.152 e. The molecule has 3 heterocycles. The molecule has 0 radical (unpaired) electrons. The SMILES string of the molecule is CN(c1cc(NCc2cccnc2)ncn1)C1CCS(=O)(=O)C1. The Morgan fingerprint density at radius 1 is 1.39 bits per heavy atom. The van der Waals surface area contributed by atoms with Gasteiger partial charge in [0.2, 0.25) is 0 Å². The maximum atomic E-state index is 11.6. The van der Waals surface area contributed by atoms with Gasteiger partial charge < -0.3 is 10.2 Å². The van der Waals surface area contributed by atoms with Crippen LogP contribution in [0, 0.1) is 0 Å². The molecule has 3 rings (SSSR count). The highest BCUT2D eigenvalue weighted by Gasteiger charge is 2.31. The third-order valence-electron chi connectivity index (χ3n) is 3.97. The molecule has 122 valence electrons. The maximum absolute atomic E-state index is 11.6. The van der Waals surface area contributed by atoms with Crippen LogP contribution < -0.4 is 10.2 Å². The van der Waals surface area contributed by atoms with E-state index in [2.05, 4.69) is 20.3 Å². The monoisotopic (exact) mass is 333 g/mol. The molecule has 0 bridgehead atoms. The van der Waals surface area contributed by atoms with Gasteiger partial charge in [-0.15, -0.1) is 0 Å². The van der Waals surface area contributed by atoms with Crippen LogP contribution in [0.3, 0.4) is 0 Å². The summed E-state index contributed by atoms with van der Waals surface area (Å²) in [6.45, 7) is 0.617. The van der Waals surface area contributed by atoms with Crippen LogP contribution in [0.4, 0.5) is 11.6 Å². The number of anilines is 2. The first-order chi connectivity index (χ1) is 11.0. The van der Waals surface area contributed by atoms with Crippen LogP contribution in [-0.2, 0) is 16.4 Å². The molecular weight excluding hydrogens is 314 g/mol. The van der Waals surface area contributed by atoms with Crippen LogP contribution in [0.1, 0.15) is 12.0 Å². The summed E-state index contributed by atoms with van der Waals surface area (Å²) in [4.78, 5) is 14.4. The Labute approximate surface area is 135 Å². The molecule has 1 N–H and O–H groups in total. The summed E-state index contributed by atoms with van der Waals surface area (Å²) in [7, 11) is -1.04. The van der Waals surface area contributed by atoms with Crippen LogP contribution in [0.25, 0.3) is 0 Å². The Kier molecular flexibility index (Phi) is 4.42. The van der Waals surface area contributed by atoms with Crippen molar-refractivity contribution in [1.29, 1.82) is 0 Å². The second-order valence-electron chi connectivity index (χ2n) is 5.64. The fraction of sp³-hybridized carbons (Fsp3) is 0.400. The van der Waals surface area contributed by atoms with Gasteiger partial charge in [0.25, 0.3) is 0 Å². The minimum absolute atomic E-state index is 0.0268. The number of aromatic nitrogens is 3. The first-order valence-corrected chi connectivity index (χ1v) is 9.24. The molecule has 0 amide bonds. The largest absolute Gasteiger partial charge is 0.366 e. The molecule has 1 fully saturated rings. The van der Waals surface area contributed by atoms with Crippen LogP contribution >= 0.6 is 0 Å². The molecule has 7 nitrogen and oxygen atoms in total. The standard InChI is InChI=1S/C15H19N5O2S/c1-20(13-4-6-23(21,22)10-13)15-7-14(18-11-19-15)17-9-12-3-2-5-16-8-12/h2-3,5,7-8,11,13H,4,6,9-10H2,1H3,(H,17,18,19). The molecule has 1 atom stereocenters. The number of nitrogens with one attached hydrogen (secondary N) is 1. The normalized spacial score (nSPS) is 19.4. The quantitative estimate of drug-likeness (QED) is 0.876. The first-order valence-electron chi connectivity index (χ1n) is 7.41. The van der Waals surface area contributed by atoms with Crippen molar-refractivity contribution in [3.63, 3.8) is 0 Å². The minimum atomic E-state index is -2.91. The molecule has 0 saturated carbocycles. The van der Waals surface area contributed by atoms with Crippen LogP contribution in [-0.4, -0.2) is 48.0 Å². The zero-order chi connectivity index (χ0) is 16.3. The molecule has 1 unspecified atom stereocenters. The third kappa shape index (κ3) is 3.95. The zero-order valence-corrected chi connectivity index (χ0v) is 13.7. The van der Waals surface area contributed by atoms with E-state index in [4.69, 9.17) is 0 Å². The summed E-state index contributed by atoms with van der Waals surface area (Å²) in [5.41, 5.74) is 1.06. The van der Waals surface area contributed by atoms with Gasteiger partial charge in [-0.25, -0.2) is 18.4 Å². The maximum Gasteiger partial charge on any atom is 0.152 e. The van der Waals surface area contributed by atoms with E-state index in [1.165, 1.54) is 6.33 Å². The van der Waals surface area contributed by atoms with Crippen LogP contribution in [0.15, 0.2) is 36.9 Å². The lowest BCUT2D eigenvalue weighted by atomic mass is 10.2. The predicted octanol–water partition coefficient (Wildman–Crippen LogP) is 1.11. The lowest BCUT2D eigenvalue weighted by Gasteiger charge is -2.24. The highest BCUT2D eigenvalue weighted by atomic mass is 32.2.